The quantitative estimate of drug-likeness (QED) is 0.293. The summed E-state index contributed by atoms with van der Waals surface area (Å²) in [5, 5.41) is 0. The number of fused-ring (bicyclic) bond motifs is 3. The summed E-state index contributed by atoms with van der Waals surface area (Å²) in [6, 6.07) is 4.12. The number of hydrogen-bond donors (Lipinski definition) is 0. The van der Waals surface area contributed by atoms with Gasteiger partial charge in [0.25, 0.3) is 0 Å². The molecule has 5 nitrogen and oxygen atoms in total. The zero-order valence-electron chi connectivity index (χ0n) is 17.2. The van der Waals surface area contributed by atoms with E-state index in [2.05, 4.69) is 6.58 Å². The van der Waals surface area contributed by atoms with E-state index in [-0.39, 0.29) is 29.3 Å². The van der Waals surface area contributed by atoms with Crippen molar-refractivity contribution in [3.8, 4) is 0 Å². The van der Waals surface area contributed by atoms with Crippen molar-refractivity contribution >= 4 is 11.9 Å². The first-order valence-electron chi connectivity index (χ1n) is 10.1. The highest BCUT2D eigenvalue weighted by Gasteiger charge is 2.62. The third-order valence-corrected chi connectivity index (χ3v) is 6.35. The highest BCUT2D eigenvalue weighted by atomic mass is 19.4. The number of allylic oxidation sites excluding steroid dienone is 1. The normalized spacial score (nSPS) is 33.0. The van der Waals surface area contributed by atoms with Crippen molar-refractivity contribution in [3.63, 3.8) is 0 Å². The number of esters is 2. The van der Waals surface area contributed by atoms with E-state index in [4.69, 9.17) is 14.2 Å². The Hall–Kier alpha value is -2.61. The number of epoxide rings is 1. The summed E-state index contributed by atoms with van der Waals surface area (Å²) in [5.74, 6) is -1.78. The third kappa shape index (κ3) is 4.13. The molecule has 0 N–H and O–H groups in total. The van der Waals surface area contributed by atoms with Crippen LogP contribution in [0.4, 0.5) is 13.2 Å². The van der Waals surface area contributed by atoms with Crippen molar-refractivity contribution in [2.45, 2.75) is 63.2 Å². The summed E-state index contributed by atoms with van der Waals surface area (Å²) >= 11 is 0. The Balaban J connectivity index is 1.59. The maximum Gasteiger partial charge on any atom is 0.416 e. The molecule has 0 bridgehead atoms. The first-order chi connectivity index (χ1) is 14.5. The Morgan fingerprint density at radius 3 is 2.77 bits per heavy atom. The Morgan fingerprint density at radius 1 is 1.32 bits per heavy atom. The van der Waals surface area contributed by atoms with Gasteiger partial charge in [-0.1, -0.05) is 18.7 Å². The summed E-state index contributed by atoms with van der Waals surface area (Å²) < 4.78 is 56.0. The molecule has 5 atom stereocenters. The van der Waals surface area contributed by atoms with Gasteiger partial charge in [0.15, 0.2) is 0 Å². The van der Waals surface area contributed by atoms with Gasteiger partial charge >= 0.3 is 18.1 Å². The van der Waals surface area contributed by atoms with Crippen molar-refractivity contribution in [2.75, 3.05) is 0 Å². The predicted molar refractivity (Wildman–Crippen MR) is 104 cm³/mol. The lowest BCUT2D eigenvalue weighted by molar-refractivity contribution is -0.140. The molecule has 2 saturated heterocycles. The van der Waals surface area contributed by atoms with Gasteiger partial charge in [-0.05, 0) is 56.9 Å². The number of benzene rings is 1. The molecule has 2 heterocycles. The zero-order valence-corrected chi connectivity index (χ0v) is 17.2. The SMILES string of the molecule is C=C1C(=O)O[C@@H]2[C@H]3O[C@]3(C)CCC=C(C)C(OC(=O)c3cccc(C(F)(F)F)c3)C[C@@H]12. The van der Waals surface area contributed by atoms with Gasteiger partial charge in [0.05, 0.1) is 16.7 Å². The second-order valence-corrected chi connectivity index (χ2v) is 8.55. The topological polar surface area (TPSA) is 65.1 Å². The number of halogens is 3. The van der Waals surface area contributed by atoms with Crippen LogP contribution in [0.5, 0.6) is 0 Å². The number of rotatable bonds is 2. The number of ether oxygens (including phenoxy) is 3. The van der Waals surface area contributed by atoms with E-state index in [1.54, 1.807) is 6.92 Å². The van der Waals surface area contributed by atoms with Crippen LogP contribution >= 0.6 is 0 Å². The minimum Gasteiger partial charge on any atom is -0.455 e. The van der Waals surface area contributed by atoms with Gasteiger partial charge in [0, 0.05) is 11.5 Å². The molecule has 1 unspecified atom stereocenters. The Morgan fingerprint density at radius 2 is 2.06 bits per heavy atom. The number of carbonyl (C=O) groups is 2. The van der Waals surface area contributed by atoms with Gasteiger partial charge in [-0.15, -0.1) is 0 Å². The molecule has 0 amide bonds. The summed E-state index contributed by atoms with van der Waals surface area (Å²) in [6.45, 7) is 7.61. The van der Waals surface area contributed by atoms with E-state index in [1.807, 2.05) is 13.0 Å². The van der Waals surface area contributed by atoms with Crippen LogP contribution in [-0.4, -0.2) is 35.9 Å². The van der Waals surface area contributed by atoms with Crippen molar-refractivity contribution in [1.82, 2.24) is 0 Å². The predicted octanol–water partition coefficient (Wildman–Crippen LogP) is 4.62. The molecule has 1 aromatic rings. The minimum absolute atomic E-state index is 0.188. The van der Waals surface area contributed by atoms with Gasteiger partial charge in [-0.3, -0.25) is 0 Å². The maximum absolute atomic E-state index is 13.0. The zero-order chi connectivity index (χ0) is 22.6. The van der Waals surface area contributed by atoms with E-state index in [0.717, 1.165) is 17.7 Å². The van der Waals surface area contributed by atoms with Crippen LogP contribution < -0.4 is 0 Å². The Kier molecular flexibility index (Phi) is 5.24. The fourth-order valence-electron chi connectivity index (χ4n) is 4.35. The average molecular weight is 436 g/mol. The lowest BCUT2D eigenvalue weighted by Gasteiger charge is -2.26. The van der Waals surface area contributed by atoms with Crippen molar-refractivity contribution in [3.05, 3.63) is 59.2 Å². The van der Waals surface area contributed by atoms with Crippen LogP contribution in [-0.2, 0) is 25.2 Å². The van der Waals surface area contributed by atoms with E-state index in [1.165, 1.54) is 12.1 Å². The minimum atomic E-state index is -4.56. The third-order valence-electron chi connectivity index (χ3n) is 6.35. The van der Waals surface area contributed by atoms with Crippen LogP contribution in [0.1, 0.15) is 49.0 Å². The average Bonchev–Trinajstić information content (AvgIpc) is 3.30. The smallest absolute Gasteiger partial charge is 0.416 e. The molecule has 1 aromatic carbocycles. The second kappa shape index (κ2) is 7.51. The van der Waals surface area contributed by atoms with E-state index < -0.39 is 41.8 Å². The van der Waals surface area contributed by atoms with Crippen molar-refractivity contribution in [1.29, 1.82) is 0 Å². The fourth-order valence-corrected chi connectivity index (χ4v) is 4.35. The molecule has 2 fully saturated rings. The van der Waals surface area contributed by atoms with E-state index in [9.17, 15) is 22.8 Å². The molecule has 166 valence electrons. The Bertz CT molecular complexity index is 966. The van der Waals surface area contributed by atoms with Crippen LogP contribution in [0.3, 0.4) is 0 Å². The van der Waals surface area contributed by atoms with Crippen LogP contribution in [0, 0.1) is 5.92 Å². The molecule has 0 aromatic heterocycles. The summed E-state index contributed by atoms with van der Waals surface area (Å²) in [5.41, 5.74) is -0.447. The lowest BCUT2D eigenvalue weighted by Crippen LogP contribution is -2.33. The molecular formula is C23H23F3O5. The van der Waals surface area contributed by atoms with Crippen LogP contribution in [0.25, 0.3) is 0 Å². The van der Waals surface area contributed by atoms with Crippen LogP contribution in [0.15, 0.2) is 48.1 Å². The first-order valence-corrected chi connectivity index (χ1v) is 10.1. The van der Waals surface area contributed by atoms with Gasteiger partial charge < -0.3 is 14.2 Å². The molecule has 8 heteroatoms. The molecule has 2 aliphatic heterocycles. The van der Waals surface area contributed by atoms with Gasteiger partial charge in [-0.25, -0.2) is 9.59 Å². The first kappa shape index (κ1) is 21.6. The number of carbonyl (C=O) groups excluding carboxylic acids is 2. The highest BCUT2D eigenvalue weighted by Crippen LogP contribution is 2.50. The molecule has 0 saturated carbocycles. The summed E-state index contributed by atoms with van der Waals surface area (Å²) in [6.07, 6.45) is -2.53. The number of alkyl halides is 3. The molecule has 4 rings (SSSR count). The molecule has 1 aliphatic carbocycles. The standard InChI is InChI=1S/C23H23F3O5/c1-12-6-5-9-22(3)19(31-22)18-16(13(2)20(27)30-18)11-17(12)29-21(28)14-7-4-8-15(10-14)23(24,25)26/h4,6-8,10,16-19H,2,5,9,11H2,1,3H3/t16-,17?,18-,19+,22+/m0/s1. The van der Waals surface area contributed by atoms with Crippen molar-refractivity contribution in [2.24, 2.45) is 5.92 Å². The van der Waals surface area contributed by atoms with Crippen molar-refractivity contribution < 1.29 is 37.0 Å². The summed E-state index contributed by atoms with van der Waals surface area (Å²) in [4.78, 5) is 24.9. The molecule has 0 radical (unpaired) electrons. The largest absolute Gasteiger partial charge is 0.455 e. The van der Waals surface area contributed by atoms with Crippen LogP contribution in [0.2, 0.25) is 0 Å². The molecular weight excluding hydrogens is 413 g/mol. The Labute approximate surface area is 177 Å². The van der Waals surface area contributed by atoms with E-state index in [0.29, 0.717) is 12.8 Å². The monoisotopic (exact) mass is 436 g/mol. The highest BCUT2D eigenvalue weighted by molar-refractivity contribution is 5.91. The summed E-state index contributed by atoms with van der Waals surface area (Å²) in [7, 11) is 0. The second-order valence-electron chi connectivity index (χ2n) is 8.55. The fraction of sp³-hybridized carbons (Fsp3) is 0.478. The number of hydrogen-bond acceptors (Lipinski definition) is 5. The molecule has 0 spiro atoms. The molecule has 31 heavy (non-hydrogen) atoms. The van der Waals surface area contributed by atoms with Gasteiger partial charge in [-0.2, -0.15) is 13.2 Å². The van der Waals surface area contributed by atoms with E-state index >= 15 is 0 Å². The van der Waals surface area contributed by atoms with Gasteiger partial charge in [0.1, 0.15) is 18.3 Å². The van der Waals surface area contributed by atoms with Gasteiger partial charge in [0.2, 0.25) is 0 Å². The lowest BCUT2D eigenvalue weighted by atomic mass is 9.83. The maximum atomic E-state index is 13.0. The molecule has 3 aliphatic rings.